The number of hydrogen-bond acceptors (Lipinski definition) is 3. The van der Waals surface area contributed by atoms with Crippen LogP contribution < -0.4 is 5.32 Å². The predicted molar refractivity (Wildman–Crippen MR) is 66.1 cm³/mol. The number of carboxylic acid groups (broad SMARTS) is 1. The van der Waals surface area contributed by atoms with E-state index in [9.17, 15) is 9.59 Å². The third-order valence-corrected chi connectivity index (χ3v) is 3.42. The minimum atomic E-state index is -0.803. The zero-order chi connectivity index (χ0) is 13.1. The highest BCUT2D eigenvalue weighted by molar-refractivity contribution is 5.93. The maximum absolute atomic E-state index is 12.0. The van der Waals surface area contributed by atoms with Crippen LogP contribution in [0.1, 0.15) is 25.0 Å². The standard InChI is InChI=1S/C13H16N2O3/c1-8-11(3-2-6-14-8)15-12(16)9-4-5-10(7-9)13(17)18/h2-3,6,9-10H,4-5,7H2,1H3,(H,15,16)(H,17,18). The number of carbonyl (C=O) groups is 2. The Bertz CT molecular complexity index is 473. The molecular formula is C13H16N2O3. The Morgan fingerprint density at radius 3 is 2.72 bits per heavy atom. The molecule has 1 aromatic heterocycles. The Kier molecular flexibility index (Phi) is 3.60. The van der Waals surface area contributed by atoms with E-state index in [-0.39, 0.29) is 17.7 Å². The number of carbonyl (C=O) groups excluding carboxylic acids is 1. The Balaban J connectivity index is 1.98. The predicted octanol–water partition coefficient (Wildman–Crippen LogP) is 1.83. The average Bonchev–Trinajstić information content (AvgIpc) is 2.81. The number of pyridine rings is 1. The molecule has 0 aromatic carbocycles. The van der Waals surface area contributed by atoms with Gasteiger partial charge in [-0.3, -0.25) is 14.6 Å². The van der Waals surface area contributed by atoms with Gasteiger partial charge in [-0.15, -0.1) is 0 Å². The monoisotopic (exact) mass is 248 g/mol. The van der Waals surface area contributed by atoms with Crippen LogP contribution in [-0.4, -0.2) is 22.0 Å². The van der Waals surface area contributed by atoms with E-state index in [4.69, 9.17) is 5.11 Å². The van der Waals surface area contributed by atoms with Gasteiger partial charge in [0.2, 0.25) is 5.91 Å². The topological polar surface area (TPSA) is 79.3 Å². The summed E-state index contributed by atoms with van der Waals surface area (Å²) in [4.78, 5) is 26.9. The van der Waals surface area contributed by atoms with Gasteiger partial charge in [0.05, 0.1) is 17.3 Å². The molecule has 5 nitrogen and oxygen atoms in total. The summed E-state index contributed by atoms with van der Waals surface area (Å²) in [6.07, 6.45) is 3.32. The third kappa shape index (κ3) is 2.67. The molecule has 1 heterocycles. The highest BCUT2D eigenvalue weighted by Crippen LogP contribution is 2.32. The summed E-state index contributed by atoms with van der Waals surface area (Å²) in [5.74, 6) is -1.49. The normalized spacial score (nSPS) is 22.7. The van der Waals surface area contributed by atoms with Crippen LogP contribution in [-0.2, 0) is 9.59 Å². The van der Waals surface area contributed by atoms with E-state index < -0.39 is 5.97 Å². The van der Waals surface area contributed by atoms with Crippen molar-refractivity contribution in [2.75, 3.05) is 5.32 Å². The number of aromatic nitrogens is 1. The number of rotatable bonds is 3. The lowest BCUT2D eigenvalue weighted by atomic mass is 10.0. The second-order valence-corrected chi connectivity index (χ2v) is 4.67. The molecule has 1 aromatic rings. The molecule has 0 bridgehead atoms. The summed E-state index contributed by atoms with van der Waals surface area (Å²) in [7, 11) is 0. The first-order chi connectivity index (χ1) is 8.58. The third-order valence-electron chi connectivity index (χ3n) is 3.42. The van der Waals surface area contributed by atoms with Gasteiger partial charge in [0.1, 0.15) is 0 Å². The van der Waals surface area contributed by atoms with Crippen LogP contribution in [0.4, 0.5) is 5.69 Å². The first-order valence-electron chi connectivity index (χ1n) is 6.03. The smallest absolute Gasteiger partial charge is 0.306 e. The van der Waals surface area contributed by atoms with E-state index in [2.05, 4.69) is 10.3 Å². The van der Waals surface area contributed by atoms with E-state index in [1.807, 2.05) is 6.92 Å². The van der Waals surface area contributed by atoms with Crippen LogP contribution in [0.2, 0.25) is 0 Å². The summed E-state index contributed by atoms with van der Waals surface area (Å²) < 4.78 is 0. The number of aryl methyl sites for hydroxylation is 1. The molecule has 0 aliphatic heterocycles. The molecule has 1 amide bonds. The summed E-state index contributed by atoms with van der Waals surface area (Å²) >= 11 is 0. The van der Waals surface area contributed by atoms with Gasteiger partial charge < -0.3 is 10.4 Å². The first-order valence-corrected chi connectivity index (χ1v) is 6.03. The van der Waals surface area contributed by atoms with E-state index in [0.717, 1.165) is 5.69 Å². The van der Waals surface area contributed by atoms with E-state index in [1.54, 1.807) is 18.3 Å². The van der Waals surface area contributed by atoms with Gasteiger partial charge in [-0.2, -0.15) is 0 Å². The highest BCUT2D eigenvalue weighted by atomic mass is 16.4. The van der Waals surface area contributed by atoms with Gasteiger partial charge in [0.25, 0.3) is 0 Å². The van der Waals surface area contributed by atoms with Crippen LogP contribution in [0.3, 0.4) is 0 Å². The number of amides is 1. The van der Waals surface area contributed by atoms with Gasteiger partial charge in [-0.1, -0.05) is 0 Å². The second kappa shape index (κ2) is 5.16. The fraction of sp³-hybridized carbons (Fsp3) is 0.462. The van der Waals surface area contributed by atoms with Crippen molar-refractivity contribution in [3.63, 3.8) is 0 Å². The summed E-state index contributed by atoms with van der Waals surface area (Å²) in [6, 6.07) is 3.56. The van der Waals surface area contributed by atoms with Gasteiger partial charge in [-0.05, 0) is 38.3 Å². The molecule has 1 fully saturated rings. The first kappa shape index (κ1) is 12.5. The summed E-state index contributed by atoms with van der Waals surface area (Å²) in [5, 5.41) is 11.7. The molecule has 2 atom stereocenters. The Labute approximate surface area is 105 Å². The molecule has 1 aliphatic carbocycles. The van der Waals surface area contributed by atoms with Crippen molar-refractivity contribution < 1.29 is 14.7 Å². The van der Waals surface area contributed by atoms with Crippen LogP contribution in [0.15, 0.2) is 18.3 Å². The van der Waals surface area contributed by atoms with Gasteiger partial charge in [-0.25, -0.2) is 0 Å². The maximum Gasteiger partial charge on any atom is 0.306 e. The van der Waals surface area contributed by atoms with Crippen molar-refractivity contribution in [1.29, 1.82) is 0 Å². The Morgan fingerprint density at radius 2 is 2.11 bits per heavy atom. The quantitative estimate of drug-likeness (QED) is 0.855. The van der Waals surface area contributed by atoms with Crippen LogP contribution in [0.5, 0.6) is 0 Å². The molecule has 1 saturated carbocycles. The maximum atomic E-state index is 12.0. The molecular weight excluding hydrogens is 232 g/mol. The minimum Gasteiger partial charge on any atom is -0.481 e. The SMILES string of the molecule is Cc1ncccc1NC(=O)C1CCC(C(=O)O)C1. The molecule has 96 valence electrons. The van der Waals surface area contributed by atoms with Crippen molar-refractivity contribution in [2.45, 2.75) is 26.2 Å². The molecule has 2 N–H and O–H groups in total. The molecule has 2 rings (SSSR count). The summed E-state index contributed by atoms with van der Waals surface area (Å²) in [6.45, 7) is 1.82. The van der Waals surface area contributed by atoms with E-state index in [1.165, 1.54) is 0 Å². The zero-order valence-electron chi connectivity index (χ0n) is 10.2. The van der Waals surface area contributed by atoms with Crippen LogP contribution in [0.25, 0.3) is 0 Å². The number of hydrogen-bond donors (Lipinski definition) is 2. The average molecular weight is 248 g/mol. The highest BCUT2D eigenvalue weighted by Gasteiger charge is 2.33. The number of nitrogens with zero attached hydrogens (tertiary/aromatic N) is 1. The lowest BCUT2D eigenvalue weighted by molar-refractivity contribution is -0.141. The molecule has 2 unspecified atom stereocenters. The molecule has 0 spiro atoms. The fourth-order valence-corrected chi connectivity index (χ4v) is 2.30. The molecule has 1 aliphatic rings. The molecule has 0 radical (unpaired) electrons. The Morgan fingerprint density at radius 1 is 1.39 bits per heavy atom. The van der Waals surface area contributed by atoms with Crippen molar-refractivity contribution in [3.8, 4) is 0 Å². The van der Waals surface area contributed by atoms with Gasteiger partial charge >= 0.3 is 5.97 Å². The van der Waals surface area contributed by atoms with Crippen LogP contribution >= 0.6 is 0 Å². The molecule has 0 saturated heterocycles. The number of nitrogens with one attached hydrogen (secondary N) is 1. The number of anilines is 1. The lowest BCUT2D eigenvalue weighted by Crippen LogP contribution is -2.22. The van der Waals surface area contributed by atoms with Crippen molar-refractivity contribution >= 4 is 17.6 Å². The molecule has 18 heavy (non-hydrogen) atoms. The number of carboxylic acids is 1. The second-order valence-electron chi connectivity index (χ2n) is 4.67. The largest absolute Gasteiger partial charge is 0.481 e. The van der Waals surface area contributed by atoms with Crippen molar-refractivity contribution in [1.82, 2.24) is 4.98 Å². The number of aliphatic carboxylic acids is 1. The van der Waals surface area contributed by atoms with E-state index in [0.29, 0.717) is 24.9 Å². The fourth-order valence-electron chi connectivity index (χ4n) is 2.30. The zero-order valence-corrected chi connectivity index (χ0v) is 10.2. The van der Waals surface area contributed by atoms with Gasteiger partial charge in [0, 0.05) is 12.1 Å². The minimum absolute atomic E-state index is 0.102. The van der Waals surface area contributed by atoms with Crippen molar-refractivity contribution in [3.05, 3.63) is 24.0 Å². The van der Waals surface area contributed by atoms with Gasteiger partial charge in [0.15, 0.2) is 0 Å². The summed E-state index contributed by atoms with van der Waals surface area (Å²) in [5.41, 5.74) is 1.46. The van der Waals surface area contributed by atoms with Crippen LogP contribution in [0, 0.1) is 18.8 Å². The Hall–Kier alpha value is -1.91. The molecule has 5 heteroatoms. The lowest BCUT2D eigenvalue weighted by Gasteiger charge is -2.11. The van der Waals surface area contributed by atoms with E-state index >= 15 is 0 Å². The van der Waals surface area contributed by atoms with Crippen molar-refractivity contribution in [2.24, 2.45) is 11.8 Å².